The summed E-state index contributed by atoms with van der Waals surface area (Å²) in [5.41, 5.74) is 14.8. The Bertz CT molecular complexity index is 1590. The van der Waals surface area contributed by atoms with E-state index in [1.54, 1.807) is 18.5 Å². The standard InChI is InChI=1S/C33H34FN5/c1-4-23(21-39-14-7-6-8-15-39)16-24(5-2)25-12-13-30(35)28(18-25)22(3)33-37-31-20-36-19-29(32(31)38-33)26-10-9-11-27(34)17-26/h4-5,9-13,16-20H,1,3,6-8,14-15,21,35H2,2H3,(H,37,38)/b23-16+,24-5+. The second kappa shape index (κ2) is 11.6. The van der Waals surface area contributed by atoms with Gasteiger partial charge in [-0.05, 0) is 79.4 Å². The summed E-state index contributed by atoms with van der Waals surface area (Å²) >= 11 is 0. The average Bonchev–Trinajstić information content (AvgIpc) is 3.40. The number of nitrogens with zero attached hydrogens (tertiary/aromatic N) is 3. The molecule has 5 nitrogen and oxygen atoms in total. The van der Waals surface area contributed by atoms with Crippen LogP contribution in [0.4, 0.5) is 10.1 Å². The number of fused-ring (bicyclic) bond motifs is 1. The van der Waals surface area contributed by atoms with Crippen molar-refractivity contribution >= 4 is 27.9 Å². The Kier molecular flexibility index (Phi) is 7.84. The SMILES string of the molecule is C=C/C(=C\C(=C/C)c1ccc(N)c(C(=C)c2nc3c(-c4cccc(F)c4)cncc3[nH]2)c1)CN1CCCCC1. The number of allylic oxidation sites excluding steroid dienone is 3. The molecule has 1 fully saturated rings. The molecule has 39 heavy (non-hydrogen) atoms. The minimum Gasteiger partial charge on any atom is -0.398 e. The van der Waals surface area contributed by atoms with Gasteiger partial charge in [0, 0.05) is 35.1 Å². The van der Waals surface area contributed by atoms with E-state index in [2.05, 4.69) is 46.2 Å². The molecule has 6 heteroatoms. The number of nitrogen functional groups attached to an aromatic ring is 1. The Balaban J connectivity index is 1.46. The third-order valence-corrected chi connectivity index (χ3v) is 7.30. The van der Waals surface area contributed by atoms with Crippen molar-refractivity contribution in [2.75, 3.05) is 25.4 Å². The monoisotopic (exact) mass is 519 g/mol. The van der Waals surface area contributed by atoms with Gasteiger partial charge in [-0.3, -0.25) is 9.88 Å². The third kappa shape index (κ3) is 5.76. The van der Waals surface area contributed by atoms with E-state index in [4.69, 9.17) is 10.7 Å². The first-order valence-corrected chi connectivity index (χ1v) is 13.4. The van der Waals surface area contributed by atoms with Crippen molar-refractivity contribution in [1.29, 1.82) is 0 Å². The van der Waals surface area contributed by atoms with Crippen molar-refractivity contribution in [3.8, 4) is 11.1 Å². The number of anilines is 1. The van der Waals surface area contributed by atoms with Gasteiger partial charge in [-0.2, -0.15) is 0 Å². The second-order valence-electron chi connectivity index (χ2n) is 9.96. The number of aromatic nitrogens is 3. The van der Waals surface area contributed by atoms with Crippen LogP contribution in [0.1, 0.15) is 43.1 Å². The Morgan fingerprint density at radius 1 is 1.13 bits per heavy atom. The summed E-state index contributed by atoms with van der Waals surface area (Å²) in [5.74, 6) is 0.285. The molecule has 4 aromatic rings. The smallest absolute Gasteiger partial charge is 0.138 e. The van der Waals surface area contributed by atoms with Crippen LogP contribution in [0.5, 0.6) is 0 Å². The van der Waals surface area contributed by atoms with Crippen LogP contribution in [0, 0.1) is 5.82 Å². The van der Waals surface area contributed by atoms with Crippen LogP contribution in [0.3, 0.4) is 0 Å². The number of aromatic amines is 1. The predicted octanol–water partition coefficient (Wildman–Crippen LogP) is 7.41. The Hall–Kier alpha value is -4.29. The first-order chi connectivity index (χ1) is 19.0. The Morgan fingerprint density at radius 2 is 1.95 bits per heavy atom. The topological polar surface area (TPSA) is 70.8 Å². The molecule has 2 aromatic heterocycles. The molecule has 0 aliphatic carbocycles. The second-order valence-corrected chi connectivity index (χ2v) is 9.96. The zero-order valence-electron chi connectivity index (χ0n) is 22.4. The molecule has 5 rings (SSSR count). The quantitative estimate of drug-likeness (QED) is 0.188. The number of pyridine rings is 1. The van der Waals surface area contributed by atoms with Gasteiger partial charge >= 0.3 is 0 Å². The Labute approximate surface area is 229 Å². The molecule has 198 valence electrons. The van der Waals surface area contributed by atoms with Gasteiger partial charge in [-0.15, -0.1) is 0 Å². The molecule has 1 aliphatic heterocycles. The van der Waals surface area contributed by atoms with E-state index < -0.39 is 0 Å². The van der Waals surface area contributed by atoms with Gasteiger partial charge in [-0.1, -0.05) is 56.0 Å². The summed E-state index contributed by atoms with van der Waals surface area (Å²) in [5, 5.41) is 0. The van der Waals surface area contributed by atoms with Crippen LogP contribution in [-0.4, -0.2) is 39.5 Å². The number of hydrogen-bond donors (Lipinski definition) is 2. The maximum absolute atomic E-state index is 13.9. The highest BCUT2D eigenvalue weighted by Crippen LogP contribution is 2.32. The lowest BCUT2D eigenvalue weighted by Gasteiger charge is -2.26. The largest absolute Gasteiger partial charge is 0.398 e. The minimum absolute atomic E-state index is 0.307. The number of benzene rings is 2. The van der Waals surface area contributed by atoms with Gasteiger partial charge in [0.05, 0.1) is 17.2 Å². The molecule has 0 amide bonds. The van der Waals surface area contributed by atoms with E-state index in [0.29, 0.717) is 28.2 Å². The van der Waals surface area contributed by atoms with Crippen molar-refractivity contribution in [1.82, 2.24) is 19.9 Å². The normalized spacial score (nSPS) is 15.0. The van der Waals surface area contributed by atoms with Gasteiger partial charge in [0.1, 0.15) is 11.6 Å². The summed E-state index contributed by atoms with van der Waals surface area (Å²) < 4.78 is 13.9. The zero-order valence-corrected chi connectivity index (χ0v) is 22.4. The number of rotatable bonds is 8. The minimum atomic E-state index is -0.307. The Morgan fingerprint density at radius 3 is 2.69 bits per heavy atom. The molecule has 0 spiro atoms. The van der Waals surface area contributed by atoms with Crippen molar-refractivity contribution in [2.45, 2.75) is 26.2 Å². The zero-order chi connectivity index (χ0) is 27.4. The molecule has 1 aliphatic rings. The number of H-pyrrole nitrogens is 1. The number of imidazole rings is 1. The molecule has 3 heterocycles. The third-order valence-electron chi connectivity index (χ3n) is 7.30. The summed E-state index contributed by atoms with van der Waals surface area (Å²) in [7, 11) is 0. The maximum atomic E-state index is 13.9. The van der Waals surface area contributed by atoms with Crippen molar-refractivity contribution in [2.24, 2.45) is 0 Å². The lowest BCUT2D eigenvalue weighted by molar-refractivity contribution is 0.248. The highest BCUT2D eigenvalue weighted by atomic mass is 19.1. The van der Waals surface area contributed by atoms with Crippen molar-refractivity contribution < 1.29 is 4.39 Å². The van der Waals surface area contributed by atoms with Crippen LogP contribution < -0.4 is 5.73 Å². The molecule has 0 bridgehead atoms. The van der Waals surface area contributed by atoms with E-state index in [9.17, 15) is 4.39 Å². The van der Waals surface area contributed by atoms with Crippen LogP contribution in [0.15, 0.2) is 91.8 Å². The molecule has 1 saturated heterocycles. The van der Waals surface area contributed by atoms with E-state index in [0.717, 1.165) is 47.4 Å². The van der Waals surface area contributed by atoms with Crippen molar-refractivity contribution in [3.63, 3.8) is 0 Å². The molecule has 0 unspecified atom stereocenters. The molecule has 2 aromatic carbocycles. The lowest BCUT2D eigenvalue weighted by atomic mass is 9.96. The van der Waals surface area contributed by atoms with Gasteiger partial charge in [0.15, 0.2) is 0 Å². The van der Waals surface area contributed by atoms with Crippen LogP contribution in [0.25, 0.3) is 33.3 Å². The fourth-order valence-electron chi connectivity index (χ4n) is 5.15. The van der Waals surface area contributed by atoms with Crippen LogP contribution in [-0.2, 0) is 0 Å². The van der Waals surface area contributed by atoms with E-state index in [1.165, 1.54) is 37.0 Å². The maximum Gasteiger partial charge on any atom is 0.138 e. The number of halogens is 1. The first-order valence-electron chi connectivity index (χ1n) is 13.4. The molecular weight excluding hydrogens is 485 g/mol. The van der Waals surface area contributed by atoms with Gasteiger partial charge in [0.2, 0.25) is 0 Å². The van der Waals surface area contributed by atoms with E-state index in [-0.39, 0.29) is 5.82 Å². The van der Waals surface area contributed by atoms with Crippen molar-refractivity contribution in [3.05, 3.63) is 115 Å². The molecule has 0 atom stereocenters. The number of piperidine rings is 1. The summed E-state index contributed by atoms with van der Waals surface area (Å²) in [6.45, 7) is 13.6. The summed E-state index contributed by atoms with van der Waals surface area (Å²) in [6.07, 6.45) is 13.5. The van der Waals surface area contributed by atoms with Gasteiger partial charge in [-0.25, -0.2) is 9.37 Å². The fraction of sp³-hybridized carbons (Fsp3) is 0.212. The number of hydrogen-bond acceptors (Lipinski definition) is 4. The van der Waals surface area contributed by atoms with E-state index in [1.807, 2.05) is 31.2 Å². The number of nitrogens with two attached hydrogens (primary N) is 1. The molecular formula is C33H34FN5. The van der Waals surface area contributed by atoms with Gasteiger partial charge < -0.3 is 10.7 Å². The van der Waals surface area contributed by atoms with Crippen LogP contribution >= 0.6 is 0 Å². The highest BCUT2D eigenvalue weighted by molar-refractivity contribution is 5.94. The number of nitrogens with one attached hydrogen (secondary N) is 1. The summed E-state index contributed by atoms with van der Waals surface area (Å²) in [4.78, 5) is 15.0. The highest BCUT2D eigenvalue weighted by Gasteiger charge is 2.16. The van der Waals surface area contributed by atoms with Gasteiger partial charge in [0.25, 0.3) is 0 Å². The average molecular weight is 520 g/mol. The van der Waals surface area contributed by atoms with Crippen LogP contribution in [0.2, 0.25) is 0 Å². The number of likely N-dealkylation sites (tertiary alicyclic amines) is 1. The molecule has 0 radical (unpaired) electrons. The first kappa shape index (κ1) is 26.3. The van der Waals surface area contributed by atoms with E-state index >= 15 is 0 Å². The molecule has 0 saturated carbocycles. The lowest BCUT2D eigenvalue weighted by Crippen LogP contribution is -2.31. The molecule has 3 N–H and O–H groups in total. The fourth-order valence-corrected chi connectivity index (χ4v) is 5.15. The summed E-state index contributed by atoms with van der Waals surface area (Å²) in [6, 6.07) is 12.4. The predicted molar refractivity (Wildman–Crippen MR) is 160 cm³/mol.